The van der Waals surface area contributed by atoms with Gasteiger partial charge >= 0.3 is 0 Å². The molecule has 5 heteroatoms. The van der Waals surface area contributed by atoms with Crippen LogP contribution in [0, 0.1) is 0 Å². The van der Waals surface area contributed by atoms with E-state index < -0.39 is 6.10 Å². The Labute approximate surface area is 106 Å². The normalized spacial score (nSPS) is 14.3. The lowest BCUT2D eigenvalue weighted by molar-refractivity contribution is -0.121. The van der Waals surface area contributed by atoms with E-state index in [1.54, 1.807) is 6.92 Å². The van der Waals surface area contributed by atoms with Crippen LogP contribution in [0.1, 0.15) is 25.3 Å². The van der Waals surface area contributed by atoms with Gasteiger partial charge < -0.3 is 19.9 Å². The Morgan fingerprint density at radius 3 is 3.11 bits per heavy atom. The average molecular weight is 251 g/mol. The molecule has 0 saturated heterocycles. The molecule has 1 heterocycles. The lowest BCUT2D eigenvalue weighted by Gasteiger charge is -2.08. The Morgan fingerprint density at radius 1 is 1.50 bits per heavy atom. The first-order chi connectivity index (χ1) is 8.66. The van der Waals surface area contributed by atoms with E-state index in [0.717, 1.165) is 5.56 Å². The molecule has 98 valence electrons. The predicted molar refractivity (Wildman–Crippen MR) is 65.3 cm³/mol. The van der Waals surface area contributed by atoms with Crippen LogP contribution >= 0.6 is 0 Å². The number of hydrogen-bond donors (Lipinski definition) is 2. The molecule has 0 bridgehead atoms. The van der Waals surface area contributed by atoms with Gasteiger partial charge in [-0.1, -0.05) is 12.1 Å². The molecule has 1 aromatic rings. The zero-order valence-electron chi connectivity index (χ0n) is 10.3. The van der Waals surface area contributed by atoms with Crippen LogP contribution in [0.4, 0.5) is 0 Å². The zero-order valence-corrected chi connectivity index (χ0v) is 10.3. The summed E-state index contributed by atoms with van der Waals surface area (Å²) in [7, 11) is 0. The summed E-state index contributed by atoms with van der Waals surface area (Å²) in [6, 6.07) is 5.59. The number of aliphatic hydroxyl groups excluding tert-OH is 1. The van der Waals surface area contributed by atoms with Crippen molar-refractivity contribution in [1.82, 2.24) is 5.32 Å². The number of para-hydroxylation sites is 1. The number of fused-ring (bicyclic) bond motifs is 1. The smallest absolute Gasteiger partial charge is 0.231 e. The fraction of sp³-hybridized carbons (Fsp3) is 0.462. The second-order valence-electron chi connectivity index (χ2n) is 4.32. The molecule has 0 aliphatic carbocycles. The van der Waals surface area contributed by atoms with Crippen LogP contribution in [-0.2, 0) is 11.3 Å². The average Bonchev–Trinajstić information content (AvgIpc) is 2.82. The van der Waals surface area contributed by atoms with Gasteiger partial charge in [-0.25, -0.2) is 0 Å². The van der Waals surface area contributed by atoms with Crippen LogP contribution in [0.25, 0.3) is 0 Å². The van der Waals surface area contributed by atoms with Gasteiger partial charge in [0, 0.05) is 18.5 Å². The molecule has 5 nitrogen and oxygen atoms in total. The first-order valence-corrected chi connectivity index (χ1v) is 5.99. The summed E-state index contributed by atoms with van der Waals surface area (Å²) in [5.41, 5.74) is 0.899. The number of nitrogens with one attached hydrogen (secondary N) is 1. The molecule has 1 aromatic carbocycles. The molecule has 0 fully saturated rings. The van der Waals surface area contributed by atoms with Crippen LogP contribution in [0.15, 0.2) is 18.2 Å². The lowest BCUT2D eigenvalue weighted by Crippen LogP contribution is -2.23. The maximum absolute atomic E-state index is 11.5. The van der Waals surface area contributed by atoms with Gasteiger partial charge in [-0.15, -0.1) is 0 Å². The summed E-state index contributed by atoms with van der Waals surface area (Å²) < 4.78 is 10.6. The summed E-state index contributed by atoms with van der Waals surface area (Å²) in [6.07, 6.45) is 0.344. The highest BCUT2D eigenvalue weighted by Gasteiger charge is 2.17. The second-order valence-corrected chi connectivity index (χ2v) is 4.32. The van der Waals surface area contributed by atoms with Gasteiger partial charge in [0.2, 0.25) is 12.7 Å². The number of hydrogen-bond acceptors (Lipinski definition) is 4. The standard InChI is InChI=1S/C13H17NO4/c1-9(15)5-6-12(16)14-7-10-3-2-4-11-13(10)18-8-17-11/h2-4,9,15H,5-8H2,1H3,(H,14,16). The third kappa shape index (κ3) is 3.13. The van der Waals surface area contributed by atoms with E-state index in [1.807, 2.05) is 18.2 Å². The van der Waals surface area contributed by atoms with Crippen molar-refractivity contribution < 1.29 is 19.4 Å². The van der Waals surface area contributed by atoms with Crippen LogP contribution in [-0.4, -0.2) is 23.9 Å². The minimum absolute atomic E-state index is 0.0765. The van der Waals surface area contributed by atoms with Gasteiger partial charge in [0.25, 0.3) is 0 Å². The van der Waals surface area contributed by atoms with Crippen LogP contribution in [0.3, 0.4) is 0 Å². The summed E-state index contributed by atoms with van der Waals surface area (Å²) in [6.45, 7) is 2.30. The van der Waals surface area contributed by atoms with E-state index in [-0.39, 0.29) is 12.7 Å². The van der Waals surface area contributed by atoms with Crippen molar-refractivity contribution >= 4 is 5.91 Å². The van der Waals surface area contributed by atoms with E-state index >= 15 is 0 Å². The molecule has 2 rings (SSSR count). The van der Waals surface area contributed by atoms with E-state index in [4.69, 9.17) is 14.6 Å². The molecule has 18 heavy (non-hydrogen) atoms. The first-order valence-electron chi connectivity index (χ1n) is 5.99. The SMILES string of the molecule is CC(O)CCC(=O)NCc1cccc2c1OCO2. The quantitative estimate of drug-likeness (QED) is 0.825. The van der Waals surface area contributed by atoms with E-state index in [1.165, 1.54) is 0 Å². The molecule has 0 aromatic heterocycles. The Bertz CT molecular complexity index is 431. The maximum atomic E-state index is 11.5. The molecular weight excluding hydrogens is 234 g/mol. The van der Waals surface area contributed by atoms with Crippen molar-refractivity contribution in [3.05, 3.63) is 23.8 Å². The highest BCUT2D eigenvalue weighted by atomic mass is 16.7. The first kappa shape index (κ1) is 12.7. The largest absolute Gasteiger partial charge is 0.454 e. The molecule has 1 aliphatic rings. The summed E-state index contributed by atoms with van der Waals surface area (Å²) in [4.78, 5) is 11.5. The number of carbonyl (C=O) groups excluding carboxylic acids is 1. The van der Waals surface area contributed by atoms with Gasteiger partial charge in [-0.05, 0) is 19.4 Å². The van der Waals surface area contributed by atoms with Gasteiger partial charge in [0.05, 0.1) is 6.10 Å². The highest BCUT2D eigenvalue weighted by molar-refractivity contribution is 5.76. The highest BCUT2D eigenvalue weighted by Crippen LogP contribution is 2.35. The molecule has 1 amide bonds. The molecular formula is C13H17NO4. The topological polar surface area (TPSA) is 67.8 Å². The minimum Gasteiger partial charge on any atom is -0.454 e. The fourth-order valence-corrected chi connectivity index (χ4v) is 1.75. The Balaban J connectivity index is 1.87. The molecule has 0 radical (unpaired) electrons. The third-order valence-corrected chi connectivity index (χ3v) is 2.74. The van der Waals surface area contributed by atoms with E-state index in [2.05, 4.69) is 5.32 Å². The van der Waals surface area contributed by atoms with Crippen molar-refractivity contribution in [1.29, 1.82) is 0 Å². The molecule has 0 saturated carbocycles. The van der Waals surface area contributed by atoms with Crippen molar-refractivity contribution in [2.24, 2.45) is 0 Å². The van der Waals surface area contributed by atoms with E-state index in [0.29, 0.717) is 30.9 Å². The molecule has 1 atom stereocenters. The van der Waals surface area contributed by atoms with Gasteiger partial charge in [0.1, 0.15) is 0 Å². The molecule has 1 unspecified atom stereocenters. The number of ether oxygens (including phenoxy) is 2. The molecule has 1 aliphatic heterocycles. The summed E-state index contributed by atoms with van der Waals surface area (Å²) in [5, 5.41) is 11.9. The Hall–Kier alpha value is -1.75. The van der Waals surface area contributed by atoms with Crippen LogP contribution in [0.5, 0.6) is 11.5 Å². The number of amides is 1. The van der Waals surface area contributed by atoms with Crippen molar-refractivity contribution in [2.75, 3.05) is 6.79 Å². The second kappa shape index (κ2) is 5.73. The predicted octanol–water partition coefficient (Wildman–Crippen LogP) is 1.19. The van der Waals surface area contributed by atoms with Crippen LogP contribution < -0.4 is 14.8 Å². The Kier molecular flexibility index (Phi) is 4.04. The van der Waals surface area contributed by atoms with Crippen molar-refractivity contribution in [3.8, 4) is 11.5 Å². The summed E-state index contributed by atoms with van der Waals surface area (Å²) >= 11 is 0. The number of rotatable bonds is 5. The monoisotopic (exact) mass is 251 g/mol. The van der Waals surface area contributed by atoms with Gasteiger partial charge in [-0.2, -0.15) is 0 Å². The number of benzene rings is 1. The van der Waals surface area contributed by atoms with Crippen molar-refractivity contribution in [3.63, 3.8) is 0 Å². The molecule has 0 spiro atoms. The number of carbonyl (C=O) groups is 1. The van der Waals surface area contributed by atoms with E-state index in [9.17, 15) is 4.79 Å². The van der Waals surface area contributed by atoms with Gasteiger partial charge in [0.15, 0.2) is 11.5 Å². The zero-order chi connectivity index (χ0) is 13.0. The maximum Gasteiger partial charge on any atom is 0.231 e. The minimum atomic E-state index is -0.451. The third-order valence-electron chi connectivity index (χ3n) is 2.74. The number of aliphatic hydroxyl groups is 1. The lowest BCUT2D eigenvalue weighted by atomic mass is 10.1. The fourth-order valence-electron chi connectivity index (χ4n) is 1.75. The van der Waals surface area contributed by atoms with Crippen LogP contribution in [0.2, 0.25) is 0 Å². The van der Waals surface area contributed by atoms with Gasteiger partial charge in [-0.3, -0.25) is 4.79 Å². The van der Waals surface area contributed by atoms with Crippen molar-refractivity contribution in [2.45, 2.75) is 32.4 Å². The Morgan fingerprint density at radius 2 is 2.33 bits per heavy atom. The summed E-state index contributed by atoms with van der Waals surface area (Å²) in [5.74, 6) is 1.34. The molecule has 2 N–H and O–H groups in total.